The van der Waals surface area contributed by atoms with Crippen molar-refractivity contribution in [2.24, 2.45) is 7.05 Å². The fourth-order valence-electron chi connectivity index (χ4n) is 3.78. The number of aryl methyl sites for hydroxylation is 1. The van der Waals surface area contributed by atoms with E-state index in [0.29, 0.717) is 26.1 Å². The highest BCUT2D eigenvalue weighted by molar-refractivity contribution is 6.05. The van der Waals surface area contributed by atoms with Crippen molar-refractivity contribution < 1.29 is 9.53 Å². The molecule has 1 aliphatic rings. The summed E-state index contributed by atoms with van der Waals surface area (Å²) < 4.78 is 7.60. The number of fused-ring (bicyclic) bond motifs is 1. The molecule has 4 nitrogen and oxygen atoms in total. The van der Waals surface area contributed by atoms with Gasteiger partial charge < -0.3 is 14.6 Å². The zero-order chi connectivity index (χ0) is 17.3. The normalized spacial score (nSPS) is 16.7. The van der Waals surface area contributed by atoms with Gasteiger partial charge in [0.25, 0.3) is 0 Å². The average Bonchev–Trinajstić information content (AvgIpc) is 3.05. The van der Waals surface area contributed by atoms with E-state index in [4.69, 9.17) is 4.74 Å². The van der Waals surface area contributed by atoms with Crippen LogP contribution in [0.2, 0.25) is 0 Å². The van der Waals surface area contributed by atoms with Crippen LogP contribution in [-0.4, -0.2) is 23.7 Å². The molecule has 0 saturated carbocycles. The van der Waals surface area contributed by atoms with Gasteiger partial charge in [-0.25, -0.2) is 0 Å². The maximum Gasteiger partial charge on any atom is 0.235 e. The lowest BCUT2D eigenvalue weighted by atomic mass is 9.73. The number of nitrogens with zero attached hydrogens (tertiary/aromatic N) is 1. The van der Waals surface area contributed by atoms with E-state index in [9.17, 15) is 4.79 Å². The summed E-state index contributed by atoms with van der Waals surface area (Å²) >= 11 is 0. The number of hydrogen-bond donors (Lipinski definition) is 1. The molecule has 0 radical (unpaired) electrons. The molecular formula is C21H22N2O2. The number of nitrogens with one attached hydrogen (secondary N) is 1. The molecular weight excluding hydrogens is 312 g/mol. The molecule has 2 aromatic carbocycles. The molecule has 0 spiro atoms. The molecule has 1 aromatic heterocycles. The van der Waals surface area contributed by atoms with E-state index in [-0.39, 0.29) is 5.91 Å². The Kier molecular flexibility index (Phi) is 4.06. The van der Waals surface area contributed by atoms with Crippen molar-refractivity contribution in [3.8, 4) is 0 Å². The molecule has 0 unspecified atom stereocenters. The van der Waals surface area contributed by atoms with E-state index in [2.05, 4.69) is 16.0 Å². The summed E-state index contributed by atoms with van der Waals surface area (Å²) in [7, 11) is 2.01. The fraction of sp³-hybridized carbons (Fsp3) is 0.286. The van der Waals surface area contributed by atoms with Crippen LogP contribution in [0.5, 0.6) is 0 Å². The van der Waals surface area contributed by atoms with Gasteiger partial charge in [0.15, 0.2) is 0 Å². The van der Waals surface area contributed by atoms with E-state index in [1.807, 2.05) is 61.8 Å². The quantitative estimate of drug-likeness (QED) is 0.790. The number of aromatic nitrogens is 1. The summed E-state index contributed by atoms with van der Waals surface area (Å²) in [5.74, 6) is 0.0540. The van der Waals surface area contributed by atoms with Gasteiger partial charge in [-0.15, -0.1) is 0 Å². The molecule has 3 aromatic rings. The van der Waals surface area contributed by atoms with Gasteiger partial charge in [0.05, 0.1) is 11.1 Å². The van der Waals surface area contributed by atoms with Crippen molar-refractivity contribution in [2.75, 3.05) is 18.5 Å². The first-order valence-corrected chi connectivity index (χ1v) is 8.69. The van der Waals surface area contributed by atoms with Gasteiger partial charge in [-0.05, 0) is 36.6 Å². The van der Waals surface area contributed by atoms with Crippen LogP contribution in [0.4, 0.5) is 5.69 Å². The standard InChI is InChI=1S/C21H22N2O2/c1-23-13-10-17-18(8-5-9-19(17)23)22-20(24)21(11-14-25-15-12-21)16-6-3-2-4-7-16/h2-10,13H,11-12,14-15H2,1H3,(H,22,24). The molecule has 1 aliphatic heterocycles. The minimum atomic E-state index is -0.531. The largest absolute Gasteiger partial charge is 0.381 e. The lowest BCUT2D eigenvalue weighted by Crippen LogP contribution is -2.44. The minimum absolute atomic E-state index is 0.0540. The number of rotatable bonds is 3. The summed E-state index contributed by atoms with van der Waals surface area (Å²) in [5, 5.41) is 4.26. The van der Waals surface area contributed by atoms with Crippen molar-refractivity contribution in [1.82, 2.24) is 4.57 Å². The van der Waals surface area contributed by atoms with Gasteiger partial charge in [-0.3, -0.25) is 4.79 Å². The van der Waals surface area contributed by atoms with E-state index in [1.54, 1.807) is 0 Å². The van der Waals surface area contributed by atoms with E-state index in [0.717, 1.165) is 22.2 Å². The van der Waals surface area contributed by atoms with Gasteiger partial charge >= 0.3 is 0 Å². The van der Waals surface area contributed by atoms with Gasteiger partial charge in [0.2, 0.25) is 5.91 Å². The van der Waals surface area contributed by atoms with Crippen LogP contribution in [0.25, 0.3) is 10.9 Å². The molecule has 4 rings (SSSR count). The summed E-state index contributed by atoms with van der Waals surface area (Å²) in [6, 6.07) is 18.1. The smallest absolute Gasteiger partial charge is 0.235 e. The minimum Gasteiger partial charge on any atom is -0.381 e. The second-order valence-corrected chi connectivity index (χ2v) is 6.68. The Morgan fingerprint density at radius 3 is 2.56 bits per heavy atom. The maximum atomic E-state index is 13.4. The van der Waals surface area contributed by atoms with Gasteiger partial charge in [-0.2, -0.15) is 0 Å². The first-order valence-electron chi connectivity index (χ1n) is 8.69. The molecule has 1 saturated heterocycles. The molecule has 0 atom stereocenters. The number of benzene rings is 2. The van der Waals surface area contributed by atoms with Crippen LogP contribution < -0.4 is 5.32 Å². The number of carbonyl (C=O) groups is 1. The van der Waals surface area contributed by atoms with Crippen LogP contribution in [0.1, 0.15) is 18.4 Å². The van der Waals surface area contributed by atoms with E-state index in [1.165, 1.54) is 0 Å². The van der Waals surface area contributed by atoms with Crippen molar-refractivity contribution >= 4 is 22.5 Å². The Morgan fingerprint density at radius 1 is 1.04 bits per heavy atom. The van der Waals surface area contributed by atoms with Crippen molar-refractivity contribution in [3.05, 3.63) is 66.4 Å². The molecule has 1 N–H and O–H groups in total. The highest BCUT2D eigenvalue weighted by Gasteiger charge is 2.41. The van der Waals surface area contributed by atoms with Crippen molar-refractivity contribution in [3.63, 3.8) is 0 Å². The monoisotopic (exact) mass is 334 g/mol. The second kappa shape index (κ2) is 6.37. The number of anilines is 1. The van der Waals surface area contributed by atoms with E-state index < -0.39 is 5.41 Å². The first kappa shape index (κ1) is 15.9. The van der Waals surface area contributed by atoms with Gasteiger partial charge in [-0.1, -0.05) is 36.4 Å². The van der Waals surface area contributed by atoms with Gasteiger partial charge in [0.1, 0.15) is 0 Å². The molecule has 0 aliphatic carbocycles. The molecule has 128 valence electrons. The SMILES string of the molecule is Cn1ccc2c(NC(=O)C3(c4ccccc4)CCOCC3)cccc21. The Balaban J connectivity index is 1.72. The topological polar surface area (TPSA) is 43.3 Å². The third-order valence-electron chi connectivity index (χ3n) is 5.28. The molecule has 4 heteroatoms. The average molecular weight is 334 g/mol. The summed E-state index contributed by atoms with van der Waals surface area (Å²) in [6.07, 6.45) is 3.42. The third-order valence-corrected chi connectivity index (χ3v) is 5.28. The Bertz CT molecular complexity index is 893. The molecule has 1 amide bonds. The summed E-state index contributed by atoms with van der Waals surface area (Å²) in [6.45, 7) is 1.22. The molecule has 25 heavy (non-hydrogen) atoms. The Morgan fingerprint density at radius 2 is 1.80 bits per heavy atom. The van der Waals surface area contributed by atoms with Crippen LogP contribution >= 0.6 is 0 Å². The van der Waals surface area contributed by atoms with Crippen LogP contribution in [0, 0.1) is 0 Å². The molecule has 2 heterocycles. The van der Waals surface area contributed by atoms with Crippen LogP contribution in [0.3, 0.4) is 0 Å². The Hall–Kier alpha value is -2.59. The zero-order valence-electron chi connectivity index (χ0n) is 14.4. The highest BCUT2D eigenvalue weighted by atomic mass is 16.5. The number of carbonyl (C=O) groups excluding carboxylic acids is 1. The third kappa shape index (κ3) is 2.72. The predicted octanol–water partition coefficient (Wildman–Crippen LogP) is 3.87. The fourth-order valence-corrected chi connectivity index (χ4v) is 3.78. The van der Waals surface area contributed by atoms with Crippen LogP contribution in [-0.2, 0) is 22.0 Å². The number of amides is 1. The predicted molar refractivity (Wildman–Crippen MR) is 99.7 cm³/mol. The zero-order valence-corrected chi connectivity index (χ0v) is 14.4. The lowest BCUT2D eigenvalue weighted by molar-refractivity contribution is -0.125. The number of ether oxygens (including phenoxy) is 1. The second-order valence-electron chi connectivity index (χ2n) is 6.68. The van der Waals surface area contributed by atoms with Crippen LogP contribution in [0.15, 0.2) is 60.8 Å². The molecule has 0 bridgehead atoms. The summed E-state index contributed by atoms with van der Waals surface area (Å²) in [4.78, 5) is 13.4. The highest BCUT2D eigenvalue weighted by Crippen LogP contribution is 2.37. The van der Waals surface area contributed by atoms with Crippen molar-refractivity contribution in [1.29, 1.82) is 0 Å². The maximum absolute atomic E-state index is 13.4. The number of hydrogen-bond acceptors (Lipinski definition) is 2. The van der Waals surface area contributed by atoms with Gasteiger partial charge in [0, 0.05) is 37.4 Å². The lowest BCUT2D eigenvalue weighted by Gasteiger charge is -2.36. The molecule has 1 fully saturated rings. The first-order chi connectivity index (χ1) is 12.2. The summed E-state index contributed by atoms with van der Waals surface area (Å²) in [5.41, 5.74) is 2.51. The van der Waals surface area contributed by atoms with Crippen molar-refractivity contribution in [2.45, 2.75) is 18.3 Å². The Labute approximate surface area is 147 Å². The van der Waals surface area contributed by atoms with E-state index >= 15 is 0 Å².